The fourth-order valence-electron chi connectivity index (χ4n) is 3.04. The van der Waals surface area contributed by atoms with Crippen molar-refractivity contribution in [1.29, 1.82) is 5.26 Å². The number of ether oxygens (including phenoxy) is 1. The largest absolute Gasteiger partial charge is 0.487 e. The molecule has 0 bridgehead atoms. The van der Waals surface area contributed by atoms with Gasteiger partial charge in [-0.05, 0) is 74.4 Å². The lowest BCUT2D eigenvalue weighted by atomic mass is 9.86. The van der Waals surface area contributed by atoms with Gasteiger partial charge < -0.3 is 10.1 Å². The van der Waals surface area contributed by atoms with Gasteiger partial charge in [0.1, 0.15) is 24.0 Å². The summed E-state index contributed by atoms with van der Waals surface area (Å²) in [4.78, 5) is 12.5. The summed E-state index contributed by atoms with van der Waals surface area (Å²) in [5.41, 5.74) is 0.833. The van der Waals surface area contributed by atoms with Crippen LogP contribution in [0.25, 0.3) is 6.08 Å². The quantitative estimate of drug-likeness (QED) is 0.337. The van der Waals surface area contributed by atoms with Crippen LogP contribution < -0.4 is 10.1 Å². The molecule has 0 saturated heterocycles. The monoisotopic (exact) mass is 480 g/mol. The normalized spacial score (nSPS) is 20.2. The van der Waals surface area contributed by atoms with E-state index in [1.807, 2.05) is 18.2 Å². The van der Waals surface area contributed by atoms with E-state index in [9.17, 15) is 10.1 Å². The highest BCUT2D eigenvalue weighted by Gasteiger charge is 2.24. The lowest BCUT2D eigenvalue weighted by Crippen LogP contribution is -2.41. The van der Waals surface area contributed by atoms with Gasteiger partial charge >= 0.3 is 0 Å². The number of nitriles is 1. The van der Waals surface area contributed by atoms with E-state index < -0.39 is 0 Å². The molecule has 2 rings (SSSR count). The fourth-order valence-corrected chi connectivity index (χ4v) is 4.49. The highest BCUT2D eigenvalue weighted by Crippen LogP contribution is 2.35. The SMILES string of the molecule is C=CCOc1c(Br)cc(/C=C(\C#N)C(=O)N[C@@H]2CCCC[C@H]2C)cc1Br. The number of nitrogens with one attached hydrogen (secondary N) is 1. The summed E-state index contributed by atoms with van der Waals surface area (Å²) >= 11 is 6.93. The zero-order chi connectivity index (χ0) is 19.1. The molecule has 1 amide bonds. The lowest BCUT2D eigenvalue weighted by molar-refractivity contribution is -0.118. The number of amides is 1. The van der Waals surface area contributed by atoms with Crippen LogP contribution in [0.5, 0.6) is 5.75 Å². The minimum Gasteiger partial charge on any atom is -0.487 e. The standard InChI is InChI=1S/C20H22Br2N2O2/c1-3-8-26-19-16(21)10-14(11-17(19)22)9-15(12-23)20(25)24-18-7-5-4-6-13(18)2/h3,9-11,13,18H,1,4-8H2,2H3,(H,24,25)/b15-9+/t13-,18-/m1/s1. The van der Waals surface area contributed by atoms with Crippen molar-refractivity contribution in [1.82, 2.24) is 5.32 Å². The van der Waals surface area contributed by atoms with Crippen molar-refractivity contribution >= 4 is 43.8 Å². The van der Waals surface area contributed by atoms with Crippen LogP contribution in [0.3, 0.4) is 0 Å². The molecule has 1 aromatic carbocycles. The maximum atomic E-state index is 12.5. The van der Waals surface area contributed by atoms with Crippen molar-refractivity contribution in [2.75, 3.05) is 6.61 Å². The molecule has 0 aromatic heterocycles. The van der Waals surface area contributed by atoms with E-state index in [0.717, 1.165) is 33.8 Å². The third-order valence-corrected chi connectivity index (χ3v) is 5.65. The Bertz CT molecular complexity index is 730. The van der Waals surface area contributed by atoms with Gasteiger partial charge in [-0.15, -0.1) is 0 Å². The minimum atomic E-state index is -0.314. The van der Waals surface area contributed by atoms with Gasteiger partial charge in [-0.25, -0.2) is 0 Å². The van der Waals surface area contributed by atoms with E-state index in [-0.39, 0.29) is 17.5 Å². The number of benzene rings is 1. The molecular formula is C20H22Br2N2O2. The Labute approximate surface area is 171 Å². The fraction of sp³-hybridized carbons (Fsp3) is 0.400. The number of nitrogens with zero attached hydrogens (tertiary/aromatic N) is 1. The van der Waals surface area contributed by atoms with Crippen molar-refractivity contribution in [2.24, 2.45) is 5.92 Å². The Kier molecular flexibility index (Phi) is 7.92. The molecule has 0 aliphatic heterocycles. The topological polar surface area (TPSA) is 62.1 Å². The minimum absolute atomic E-state index is 0.0985. The van der Waals surface area contributed by atoms with Crippen LogP contribution >= 0.6 is 31.9 Å². The summed E-state index contributed by atoms with van der Waals surface area (Å²) in [7, 11) is 0. The second kappa shape index (κ2) is 9.94. The third kappa shape index (κ3) is 5.46. The second-order valence-electron chi connectivity index (χ2n) is 6.42. The Hall–Kier alpha value is -1.58. The molecule has 26 heavy (non-hydrogen) atoms. The molecular weight excluding hydrogens is 460 g/mol. The smallest absolute Gasteiger partial charge is 0.262 e. The molecule has 1 aromatic rings. The molecule has 0 unspecified atom stereocenters. The molecule has 0 spiro atoms. The first-order valence-corrected chi connectivity index (χ1v) is 10.2. The first-order chi connectivity index (χ1) is 12.5. The van der Waals surface area contributed by atoms with Crippen LogP contribution in [-0.4, -0.2) is 18.6 Å². The molecule has 0 radical (unpaired) electrons. The van der Waals surface area contributed by atoms with Gasteiger partial charge in [0.15, 0.2) is 0 Å². The molecule has 1 saturated carbocycles. The summed E-state index contributed by atoms with van der Waals surface area (Å²) in [5.74, 6) is 0.781. The molecule has 1 aliphatic rings. The zero-order valence-electron chi connectivity index (χ0n) is 14.7. The first-order valence-electron chi connectivity index (χ1n) is 8.61. The highest BCUT2D eigenvalue weighted by molar-refractivity contribution is 9.11. The Morgan fingerprint density at radius 2 is 2.04 bits per heavy atom. The number of carbonyl (C=O) groups is 1. The maximum absolute atomic E-state index is 12.5. The van der Waals surface area contributed by atoms with Crippen LogP contribution in [0.2, 0.25) is 0 Å². The Morgan fingerprint density at radius 1 is 1.38 bits per heavy atom. The summed E-state index contributed by atoms with van der Waals surface area (Å²) < 4.78 is 7.06. The van der Waals surface area contributed by atoms with Gasteiger partial charge in [0, 0.05) is 6.04 Å². The summed E-state index contributed by atoms with van der Waals surface area (Å²) in [5, 5.41) is 12.4. The zero-order valence-corrected chi connectivity index (χ0v) is 17.9. The summed E-state index contributed by atoms with van der Waals surface area (Å²) in [6.07, 6.45) is 7.66. The van der Waals surface area contributed by atoms with E-state index >= 15 is 0 Å². The van der Waals surface area contributed by atoms with Crippen molar-refractivity contribution in [2.45, 2.75) is 38.6 Å². The first kappa shape index (κ1) is 20.7. The maximum Gasteiger partial charge on any atom is 0.262 e. The van der Waals surface area contributed by atoms with Crippen molar-refractivity contribution in [3.8, 4) is 11.8 Å². The van der Waals surface area contributed by atoms with Crippen LogP contribution in [0.4, 0.5) is 0 Å². The van der Waals surface area contributed by atoms with Crippen LogP contribution in [-0.2, 0) is 4.79 Å². The molecule has 4 nitrogen and oxygen atoms in total. The van der Waals surface area contributed by atoms with Crippen molar-refractivity contribution < 1.29 is 9.53 Å². The van der Waals surface area contributed by atoms with Gasteiger partial charge in [-0.2, -0.15) is 5.26 Å². The van der Waals surface area contributed by atoms with E-state index in [0.29, 0.717) is 18.3 Å². The number of rotatable bonds is 6. The number of hydrogen-bond donors (Lipinski definition) is 1. The summed E-state index contributed by atoms with van der Waals surface area (Å²) in [6.45, 7) is 6.17. The number of hydrogen-bond acceptors (Lipinski definition) is 3. The van der Waals surface area contributed by atoms with E-state index in [1.165, 1.54) is 6.42 Å². The van der Waals surface area contributed by atoms with Crippen LogP contribution in [0, 0.1) is 17.2 Å². The van der Waals surface area contributed by atoms with Crippen LogP contribution in [0.1, 0.15) is 38.2 Å². The number of halogens is 2. The van der Waals surface area contributed by atoms with E-state index in [2.05, 4.69) is 50.7 Å². The Morgan fingerprint density at radius 3 is 2.62 bits per heavy atom. The molecule has 1 fully saturated rings. The van der Waals surface area contributed by atoms with Crippen molar-refractivity contribution in [3.63, 3.8) is 0 Å². The number of carbonyl (C=O) groups excluding carboxylic acids is 1. The molecule has 0 heterocycles. The van der Waals surface area contributed by atoms with Gasteiger partial charge in [0.2, 0.25) is 0 Å². The second-order valence-corrected chi connectivity index (χ2v) is 8.13. The predicted molar refractivity (Wildman–Crippen MR) is 111 cm³/mol. The molecule has 138 valence electrons. The Balaban J connectivity index is 2.18. The molecule has 6 heteroatoms. The average molecular weight is 482 g/mol. The molecule has 1 aliphatic carbocycles. The summed E-state index contributed by atoms with van der Waals surface area (Å²) in [6, 6.07) is 5.79. The molecule has 1 N–H and O–H groups in total. The predicted octanol–water partition coefficient (Wildman–Crippen LogP) is 5.38. The van der Waals surface area contributed by atoms with Crippen LogP contribution in [0.15, 0.2) is 39.3 Å². The van der Waals surface area contributed by atoms with Gasteiger partial charge in [-0.1, -0.05) is 32.4 Å². The van der Waals surface area contributed by atoms with Crippen molar-refractivity contribution in [3.05, 3.63) is 44.9 Å². The molecule has 2 atom stereocenters. The van der Waals surface area contributed by atoms with Gasteiger partial charge in [0.25, 0.3) is 5.91 Å². The average Bonchev–Trinajstić information content (AvgIpc) is 2.61. The highest BCUT2D eigenvalue weighted by atomic mass is 79.9. The van der Waals surface area contributed by atoms with Gasteiger partial charge in [0.05, 0.1) is 8.95 Å². The van der Waals surface area contributed by atoms with E-state index in [4.69, 9.17) is 4.74 Å². The van der Waals surface area contributed by atoms with Gasteiger partial charge in [-0.3, -0.25) is 4.79 Å². The third-order valence-electron chi connectivity index (χ3n) is 4.47. The van der Waals surface area contributed by atoms with E-state index in [1.54, 1.807) is 12.2 Å². The lowest BCUT2D eigenvalue weighted by Gasteiger charge is -2.29.